The van der Waals surface area contributed by atoms with Crippen molar-refractivity contribution < 1.29 is 9.42 Å². The second-order valence-electron chi connectivity index (χ2n) is 8.61. The first-order valence-corrected chi connectivity index (χ1v) is 11.5. The first-order valence-electron chi connectivity index (χ1n) is 11.5. The molecule has 4 aromatic rings. The molecule has 0 fully saturated rings. The van der Waals surface area contributed by atoms with Gasteiger partial charge in [0, 0.05) is 32.0 Å². The fraction of sp³-hybridized carbons (Fsp3) is 0.250. The van der Waals surface area contributed by atoms with Gasteiger partial charge in [-0.2, -0.15) is 9.78 Å². The molecule has 184 valence electrons. The van der Waals surface area contributed by atoms with Crippen molar-refractivity contribution in [3.05, 3.63) is 71.0 Å². The maximum atomic E-state index is 13.1. The Bertz CT molecular complexity index is 1390. The zero-order valence-corrected chi connectivity index (χ0v) is 20.0. The first kappa shape index (κ1) is 23.0. The lowest BCUT2D eigenvalue weighted by Crippen LogP contribution is -2.31. The van der Waals surface area contributed by atoms with Gasteiger partial charge >= 0.3 is 0 Å². The molecule has 2 aromatic heterocycles. The van der Waals surface area contributed by atoms with Crippen LogP contribution < -0.4 is 21.0 Å². The molecule has 2 aromatic carbocycles. The number of fused-ring (bicyclic) bond motifs is 1. The molecule has 0 atom stereocenters. The van der Waals surface area contributed by atoms with Crippen LogP contribution in [0.1, 0.15) is 33.7 Å². The zero-order chi connectivity index (χ0) is 25.1. The van der Waals surface area contributed by atoms with Gasteiger partial charge in [-0.3, -0.25) is 4.79 Å². The van der Waals surface area contributed by atoms with Crippen LogP contribution >= 0.6 is 0 Å². The molecule has 0 bridgehead atoms. The largest absolute Gasteiger partial charge is 0.378 e. The summed E-state index contributed by atoms with van der Waals surface area (Å²) in [5.41, 5.74) is 13.3. The second-order valence-corrected chi connectivity index (χ2v) is 8.61. The maximum Gasteiger partial charge on any atom is 0.293 e. The molecular weight excluding hydrogens is 460 g/mol. The summed E-state index contributed by atoms with van der Waals surface area (Å²) in [6.07, 6.45) is 3.56. The molecular formula is C24H26N10O2. The average molecular weight is 487 g/mol. The lowest BCUT2D eigenvalue weighted by Gasteiger charge is -2.31. The van der Waals surface area contributed by atoms with Gasteiger partial charge in [0.15, 0.2) is 5.69 Å². The number of nitrogens with zero attached hydrogens (tertiary/aromatic N) is 8. The van der Waals surface area contributed by atoms with Crippen LogP contribution in [0.15, 0.2) is 58.3 Å². The number of hydrogen-bond acceptors (Lipinski definition) is 10. The number of nitrogens with one attached hydrogen (secondary N) is 1. The molecule has 5 rings (SSSR count). The first-order chi connectivity index (χ1) is 17.5. The van der Waals surface area contributed by atoms with E-state index in [-0.39, 0.29) is 17.3 Å². The van der Waals surface area contributed by atoms with Gasteiger partial charge in [-0.15, -0.1) is 5.10 Å². The second kappa shape index (κ2) is 9.86. The number of aryl methyl sites for hydroxylation is 1. The Labute approximate surface area is 207 Å². The topological polar surface area (TPSA) is 144 Å². The highest BCUT2D eigenvalue weighted by atomic mass is 16.6. The minimum Gasteiger partial charge on any atom is -0.378 e. The van der Waals surface area contributed by atoms with Gasteiger partial charge in [0.05, 0.1) is 18.5 Å². The van der Waals surface area contributed by atoms with Crippen LogP contribution in [0.5, 0.6) is 0 Å². The van der Waals surface area contributed by atoms with Gasteiger partial charge in [-0.05, 0) is 52.5 Å². The van der Waals surface area contributed by atoms with Gasteiger partial charge < -0.3 is 15.5 Å². The fourth-order valence-corrected chi connectivity index (χ4v) is 4.16. The van der Waals surface area contributed by atoms with E-state index in [0.29, 0.717) is 12.2 Å². The van der Waals surface area contributed by atoms with E-state index in [9.17, 15) is 4.79 Å². The maximum absolute atomic E-state index is 13.1. The quantitative estimate of drug-likeness (QED) is 0.296. The summed E-state index contributed by atoms with van der Waals surface area (Å²) in [4.78, 5) is 17.3. The summed E-state index contributed by atoms with van der Waals surface area (Å²) in [5.74, 6) is -0.282. The Balaban J connectivity index is 1.41. The van der Waals surface area contributed by atoms with E-state index in [1.54, 1.807) is 6.21 Å². The van der Waals surface area contributed by atoms with Crippen molar-refractivity contribution >= 4 is 29.3 Å². The van der Waals surface area contributed by atoms with Crippen molar-refractivity contribution in [3.63, 3.8) is 0 Å². The van der Waals surface area contributed by atoms with Crippen molar-refractivity contribution in [2.75, 3.05) is 36.2 Å². The Hall–Kier alpha value is -4.74. The van der Waals surface area contributed by atoms with Crippen LogP contribution in [0.2, 0.25) is 0 Å². The summed E-state index contributed by atoms with van der Waals surface area (Å²) >= 11 is 0. The van der Waals surface area contributed by atoms with Gasteiger partial charge in [0.2, 0.25) is 11.6 Å². The molecule has 36 heavy (non-hydrogen) atoms. The number of nitrogens with two attached hydrogens (primary N) is 1. The van der Waals surface area contributed by atoms with Gasteiger partial charge in [0.1, 0.15) is 0 Å². The number of benzene rings is 2. The number of rotatable bonds is 7. The van der Waals surface area contributed by atoms with E-state index < -0.39 is 5.91 Å². The van der Waals surface area contributed by atoms with E-state index >= 15 is 0 Å². The fourth-order valence-electron chi connectivity index (χ4n) is 4.16. The molecule has 12 heteroatoms. The van der Waals surface area contributed by atoms with E-state index in [1.165, 1.54) is 10.2 Å². The molecule has 3 N–H and O–H groups in total. The molecule has 12 nitrogen and oxygen atoms in total. The summed E-state index contributed by atoms with van der Waals surface area (Å²) in [6.45, 7) is 1.17. The Morgan fingerprint density at radius 1 is 1.19 bits per heavy atom. The number of amides is 1. The standard InChI is InChI=1S/C24H26N10O2/c1-32(2)18-11-9-16(10-12-18)14-26-28-24(35)21-20(34(31-27-21)23-22(25)29-36-30-23)15-33-13-5-7-17-6-3-4-8-19(17)33/h3-4,6,8-12,14H,5,7,13,15H2,1-2H3,(H2,25,29)(H,28,35). The number of anilines is 3. The zero-order valence-electron chi connectivity index (χ0n) is 20.0. The SMILES string of the molecule is CN(C)c1ccc(C=NNC(=O)c2nnn(-c3nonc3N)c2CN2CCCc3ccccc32)cc1. The number of para-hydroxylation sites is 1. The van der Waals surface area contributed by atoms with Gasteiger partial charge in [0.25, 0.3) is 5.91 Å². The number of nitrogen functional groups attached to an aromatic ring is 1. The Kier molecular flexibility index (Phi) is 6.31. The Morgan fingerprint density at radius 3 is 2.75 bits per heavy atom. The molecule has 3 heterocycles. The van der Waals surface area contributed by atoms with Crippen LogP contribution in [0.25, 0.3) is 5.82 Å². The van der Waals surface area contributed by atoms with Crippen LogP contribution in [0.4, 0.5) is 17.2 Å². The normalized spacial score (nSPS) is 13.1. The van der Waals surface area contributed by atoms with Crippen LogP contribution in [0, 0.1) is 0 Å². The minimum absolute atomic E-state index is 0.0475. The van der Waals surface area contributed by atoms with E-state index in [1.807, 2.05) is 55.4 Å². The lowest BCUT2D eigenvalue weighted by molar-refractivity contribution is 0.0949. The van der Waals surface area contributed by atoms with Crippen molar-refractivity contribution in [1.82, 2.24) is 30.7 Å². The molecule has 0 radical (unpaired) electrons. The van der Waals surface area contributed by atoms with Crippen LogP contribution in [-0.2, 0) is 13.0 Å². The third-order valence-corrected chi connectivity index (χ3v) is 6.01. The smallest absolute Gasteiger partial charge is 0.293 e. The van der Waals surface area contributed by atoms with Crippen molar-refractivity contribution in [3.8, 4) is 5.82 Å². The number of hydrogen-bond donors (Lipinski definition) is 2. The number of carbonyl (C=O) groups excluding carboxylic acids is 1. The lowest BCUT2D eigenvalue weighted by atomic mass is 10.0. The van der Waals surface area contributed by atoms with Gasteiger partial charge in [-0.25, -0.2) is 10.1 Å². The Morgan fingerprint density at radius 2 is 2.00 bits per heavy atom. The molecule has 1 aliphatic rings. The highest BCUT2D eigenvalue weighted by molar-refractivity contribution is 5.94. The van der Waals surface area contributed by atoms with Crippen molar-refractivity contribution in [2.24, 2.45) is 5.10 Å². The number of hydrazone groups is 1. The average Bonchev–Trinajstić information content (AvgIpc) is 3.50. The summed E-state index contributed by atoms with van der Waals surface area (Å²) in [7, 11) is 3.94. The highest BCUT2D eigenvalue weighted by Gasteiger charge is 2.27. The van der Waals surface area contributed by atoms with Crippen LogP contribution in [0.3, 0.4) is 0 Å². The van der Waals surface area contributed by atoms with Gasteiger partial charge in [-0.1, -0.05) is 35.5 Å². The minimum atomic E-state index is -0.502. The van der Waals surface area contributed by atoms with Crippen molar-refractivity contribution in [1.29, 1.82) is 0 Å². The monoisotopic (exact) mass is 486 g/mol. The van der Waals surface area contributed by atoms with E-state index in [0.717, 1.165) is 36.3 Å². The van der Waals surface area contributed by atoms with Crippen LogP contribution in [-0.4, -0.2) is 58.1 Å². The summed E-state index contributed by atoms with van der Waals surface area (Å²) in [5, 5.41) is 19.8. The third-order valence-electron chi connectivity index (χ3n) is 6.01. The number of carbonyl (C=O) groups is 1. The highest BCUT2D eigenvalue weighted by Crippen LogP contribution is 2.29. The summed E-state index contributed by atoms with van der Waals surface area (Å²) < 4.78 is 6.14. The van der Waals surface area contributed by atoms with E-state index in [2.05, 4.69) is 48.2 Å². The number of aromatic nitrogens is 5. The predicted molar refractivity (Wildman–Crippen MR) is 135 cm³/mol. The third kappa shape index (κ3) is 4.60. The summed E-state index contributed by atoms with van der Waals surface area (Å²) in [6, 6.07) is 16.0. The molecule has 0 spiro atoms. The van der Waals surface area contributed by atoms with E-state index in [4.69, 9.17) is 10.4 Å². The molecule has 0 saturated heterocycles. The molecule has 1 amide bonds. The molecule has 0 saturated carbocycles. The molecule has 1 aliphatic heterocycles. The molecule has 0 unspecified atom stereocenters. The predicted octanol–water partition coefficient (Wildman–Crippen LogP) is 2.02. The van der Waals surface area contributed by atoms with Crippen molar-refractivity contribution in [2.45, 2.75) is 19.4 Å². The molecule has 0 aliphatic carbocycles.